The lowest BCUT2D eigenvalue weighted by Gasteiger charge is -2.14. The van der Waals surface area contributed by atoms with Gasteiger partial charge in [-0.05, 0) is 55.8 Å². The van der Waals surface area contributed by atoms with E-state index >= 15 is 0 Å². The van der Waals surface area contributed by atoms with Crippen LogP contribution in [0.4, 0.5) is 5.69 Å². The third-order valence-corrected chi connectivity index (χ3v) is 5.11. The summed E-state index contributed by atoms with van der Waals surface area (Å²) in [6, 6.07) is 10.7. The van der Waals surface area contributed by atoms with Crippen molar-refractivity contribution >= 4 is 46.4 Å². The number of carbonyl (C=O) groups is 1. The number of nitrogens with one attached hydrogen (secondary N) is 1. The van der Waals surface area contributed by atoms with Crippen LogP contribution in [0.2, 0.25) is 15.1 Å². The number of anilines is 1. The molecule has 6 heteroatoms. The zero-order chi connectivity index (χ0) is 17.1. The van der Waals surface area contributed by atoms with Crippen LogP contribution in [-0.4, -0.2) is 23.9 Å². The van der Waals surface area contributed by atoms with Crippen molar-refractivity contribution in [1.29, 1.82) is 0 Å². The van der Waals surface area contributed by atoms with Crippen molar-refractivity contribution in [1.82, 2.24) is 4.90 Å². The van der Waals surface area contributed by atoms with Crippen LogP contribution in [0.5, 0.6) is 0 Å². The highest BCUT2D eigenvalue weighted by Gasteiger charge is 2.13. The van der Waals surface area contributed by atoms with Crippen LogP contribution in [0, 0.1) is 0 Å². The molecule has 0 spiro atoms. The first-order chi connectivity index (χ1) is 11.5. The Morgan fingerprint density at radius 1 is 0.958 bits per heavy atom. The molecular weight excluding hydrogens is 367 g/mol. The minimum absolute atomic E-state index is 0.233. The monoisotopic (exact) mass is 382 g/mol. The standard InChI is InChI=1S/C18H17Cl3N2O/c19-14-9-16(21)17(10-15(14)20)22-18(24)13-5-3-12(4-6-13)11-23-7-1-2-8-23/h3-6,9-10H,1-2,7-8,11H2,(H,22,24). The summed E-state index contributed by atoms with van der Waals surface area (Å²) in [5.74, 6) is -0.233. The van der Waals surface area contributed by atoms with Crippen LogP contribution in [0.15, 0.2) is 36.4 Å². The van der Waals surface area contributed by atoms with Gasteiger partial charge in [0.15, 0.2) is 0 Å². The summed E-state index contributed by atoms with van der Waals surface area (Å²) in [6.45, 7) is 3.23. The number of halogens is 3. The van der Waals surface area contributed by atoms with Gasteiger partial charge in [-0.3, -0.25) is 9.69 Å². The van der Waals surface area contributed by atoms with Gasteiger partial charge < -0.3 is 5.32 Å². The molecule has 0 radical (unpaired) electrons. The van der Waals surface area contributed by atoms with Gasteiger partial charge >= 0.3 is 0 Å². The van der Waals surface area contributed by atoms with Gasteiger partial charge in [0.1, 0.15) is 0 Å². The molecule has 1 amide bonds. The van der Waals surface area contributed by atoms with Gasteiger partial charge in [-0.25, -0.2) is 0 Å². The summed E-state index contributed by atoms with van der Waals surface area (Å²) < 4.78 is 0. The molecule has 126 valence electrons. The van der Waals surface area contributed by atoms with E-state index in [1.807, 2.05) is 24.3 Å². The van der Waals surface area contributed by atoms with E-state index in [4.69, 9.17) is 34.8 Å². The average Bonchev–Trinajstić information content (AvgIpc) is 3.06. The molecule has 24 heavy (non-hydrogen) atoms. The topological polar surface area (TPSA) is 32.3 Å². The predicted octanol–water partition coefficient (Wildman–Crippen LogP) is 5.49. The minimum Gasteiger partial charge on any atom is -0.321 e. The number of benzene rings is 2. The molecule has 0 saturated carbocycles. The fraction of sp³-hybridized carbons (Fsp3) is 0.278. The SMILES string of the molecule is O=C(Nc1cc(Cl)c(Cl)cc1Cl)c1ccc(CN2CCCC2)cc1. The number of carbonyl (C=O) groups excluding carboxylic acids is 1. The Bertz CT molecular complexity index is 741. The summed E-state index contributed by atoms with van der Waals surface area (Å²) in [7, 11) is 0. The van der Waals surface area contributed by atoms with Crippen molar-refractivity contribution in [2.75, 3.05) is 18.4 Å². The van der Waals surface area contributed by atoms with Crippen LogP contribution < -0.4 is 5.32 Å². The molecule has 0 bridgehead atoms. The van der Waals surface area contributed by atoms with Crippen LogP contribution in [-0.2, 0) is 6.54 Å². The zero-order valence-corrected chi connectivity index (χ0v) is 15.3. The number of nitrogens with zero attached hydrogens (tertiary/aromatic N) is 1. The quantitative estimate of drug-likeness (QED) is 0.707. The molecule has 1 aliphatic heterocycles. The number of likely N-dealkylation sites (tertiary alicyclic amines) is 1. The number of rotatable bonds is 4. The molecule has 2 aromatic carbocycles. The largest absolute Gasteiger partial charge is 0.321 e. The van der Waals surface area contributed by atoms with E-state index in [-0.39, 0.29) is 5.91 Å². The highest BCUT2D eigenvalue weighted by Crippen LogP contribution is 2.32. The molecule has 1 N–H and O–H groups in total. The van der Waals surface area contributed by atoms with Gasteiger partial charge in [-0.1, -0.05) is 46.9 Å². The molecule has 2 aromatic rings. The first kappa shape index (κ1) is 17.6. The first-order valence-corrected chi connectivity index (χ1v) is 8.93. The Balaban J connectivity index is 1.67. The number of hydrogen-bond acceptors (Lipinski definition) is 2. The fourth-order valence-corrected chi connectivity index (χ4v) is 3.37. The second-order valence-electron chi connectivity index (χ2n) is 5.88. The van der Waals surface area contributed by atoms with Gasteiger partial charge in [0.25, 0.3) is 5.91 Å². The highest BCUT2D eigenvalue weighted by molar-refractivity contribution is 6.44. The second kappa shape index (κ2) is 7.75. The maximum Gasteiger partial charge on any atom is 0.255 e. The summed E-state index contributed by atoms with van der Waals surface area (Å²) in [5.41, 5.74) is 2.22. The molecule has 0 aromatic heterocycles. The van der Waals surface area contributed by atoms with Crippen molar-refractivity contribution in [2.24, 2.45) is 0 Å². The van der Waals surface area contributed by atoms with Crippen LogP contribution >= 0.6 is 34.8 Å². The molecule has 1 heterocycles. The van der Waals surface area contributed by atoms with E-state index in [2.05, 4.69) is 10.2 Å². The lowest BCUT2D eigenvalue weighted by Crippen LogP contribution is -2.18. The smallest absolute Gasteiger partial charge is 0.255 e. The molecular formula is C18H17Cl3N2O. The summed E-state index contributed by atoms with van der Waals surface area (Å²) in [6.07, 6.45) is 2.54. The Morgan fingerprint density at radius 2 is 1.58 bits per heavy atom. The molecule has 1 saturated heterocycles. The Hall–Kier alpha value is -1.26. The van der Waals surface area contributed by atoms with Crippen molar-refractivity contribution in [3.05, 3.63) is 62.6 Å². The van der Waals surface area contributed by atoms with E-state index in [1.165, 1.54) is 24.5 Å². The average molecular weight is 384 g/mol. The van der Waals surface area contributed by atoms with Crippen molar-refractivity contribution in [2.45, 2.75) is 19.4 Å². The van der Waals surface area contributed by atoms with E-state index in [0.29, 0.717) is 26.3 Å². The third-order valence-electron chi connectivity index (χ3n) is 4.08. The van der Waals surface area contributed by atoms with Gasteiger partial charge in [-0.15, -0.1) is 0 Å². The van der Waals surface area contributed by atoms with E-state index in [0.717, 1.165) is 19.6 Å². The lowest BCUT2D eigenvalue weighted by atomic mass is 10.1. The van der Waals surface area contributed by atoms with Crippen LogP contribution in [0.1, 0.15) is 28.8 Å². The molecule has 3 rings (SSSR count). The fourth-order valence-electron chi connectivity index (χ4n) is 2.77. The van der Waals surface area contributed by atoms with Crippen LogP contribution in [0.3, 0.4) is 0 Å². The molecule has 0 unspecified atom stereocenters. The number of hydrogen-bond donors (Lipinski definition) is 1. The molecule has 1 aliphatic rings. The second-order valence-corrected chi connectivity index (χ2v) is 7.10. The lowest BCUT2D eigenvalue weighted by molar-refractivity contribution is 0.102. The van der Waals surface area contributed by atoms with Gasteiger partial charge in [0, 0.05) is 12.1 Å². The van der Waals surface area contributed by atoms with E-state index in [9.17, 15) is 4.79 Å². The summed E-state index contributed by atoms with van der Waals surface area (Å²) in [4.78, 5) is 14.8. The van der Waals surface area contributed by atoms with E-state index < -0.39 is 0 Å². The Kier molecular flexibility index (Phi) is 5.67. The van der Waals surface area contributed by atoms with Crippen LogP contribution in [0.25, 0.3) is 0 Å². The normalized spacial score (nSPS) is 14.8. The maximum atomic E-state index is 12.4. The molecule has 0 aliphatic carbocycles. The first-order valence-electron chi connectivity index (χ1n) is 7.80. The van der Waals surface area contributed by atoms with Gasteiger partial charge in [0.2, 0.25) is 0 Å². The van der Waals surface area contributed by atoms with Crippen molar-refractivity contribution < 1.29 is 4.79 Å². The predicted molar refractivity (Wildman–Crippen MR) is 100 cm³/mol. The summed E-state index contributed by atoms with van der Waals surface area (Å²) >= 11 is 18.0. The minimum atomic E-state index is -0.233. The highest BCUT2D eigenvalue weighted by atomic mass is 35.5. The maximum absolute atomic E-state index is 12.4. The third kappa shape index (κ3) is 4.22. The summed E-state index contributed by atoms with van der Waals surface area (Å²) in [5, 5.41) is 3.81. The Morgan fingerprint density at radius 3 is 2.25 bits per heavy atom. The van der Waals surface area contributed by atoms with E-state index in [1.54, 1.807) is 6.07 Å². The molecule has 3 nitrogen and oxygen atoms in total. The zero-order valence-electron chi connectivity index (χ0n) is 13.0. The molecule has 1 fully saturated rings. The number of amides is 1. The Labute approximate surface area is 156 Å². The van der Waals surface area contributed by atoms with Crippen molar-refractivity contribution in [3.8, 4) is 0 Å². The van der Waals surface area contributed by atoms with Gasteiger partial charge in [0.05, 0.1) is 20.8 Å². The van der Waals surface area contributed by atoms with Crippen molar-refractivity contribution in [3.63, 3.8) is 0 Å². The molecule has 0 atom stereocenters. The van der Waals surface area contributed by atoms with Gasteiger partial charge in [-0.2, -0.15) is 0 Å².